The molecule has 2 saturated carbocycles. The molecule has 0 aromatic rings. The summed E-state index contributed by atoms with van der Waals surface area (Å²) in [5.74, 6) is 2.53. The third-order valence-electron chi connectivity index (χ3n) is 4.70. The highest BCUT2D eigenvalue weighted by Crippen LogP contribution is 2.61. The van der Waals surface area contributed by atoms with Gasteiger partial charge in [0.05, 0.1) is 0 Å². The first kappa shape index (κ1) is 7.41. The molecule has 72 valence electrons. The minimum Gasteiger partial charge on any atom is -0.385 e. The van der Waals surface area contributed by atoms with Crippen molar-refractivity contribution in [2.75, 3.05) is 0 Å². The maximum Gasteiger partial charge on any atom is 0.165 e. The lowest BCUT2D eigenvalue weighted by Crippen LogP contribution is -2.65. The maximum atomic E-state index is 11.6. The van der Waals surface area contributed by atoms with E-state index in [1.165, 1.54) is 0 Å². The Kier molecular flexibility index (Phi) is 1.08. The van der Waals surface area contributed by atoms with Gasteiger partial charge in [-0.2, -0.15) is 0 Å². The fourth-order valence-corrected chi connectivity index (χ4v) is 3.95. The zero-order valence-corrected chi connectivity index (χ0v) is 7.71. The van der Waals surface area contributed by atoms with Crippen molar-refractivity contribution in [3.8, 4) is 0 Å². The number of hydrogen-bond acceptors (Lipinski definition) is 2. The van der Waals surface area contributed by atoms with Gasteiger partial charge in [-0.3, -0.25) is 4.79 Å². The molecule has 0 radical (unpaired) electrons. The second-order valence-electron chi connectivity index (χ2n) is 5.03. The van der Waals surface area contributed by atoms with Crippen LogP contribution >= 0.6 is 0 Å². The lowest BCUT2D eigenvalue weighted by molar-refractivity contribution is -0.172. The average Bonchev–Trinajstić information content (AvgIpc) is 2.15. The first-order chi connectivity index (χ1) is 6.79. The van der Waals surface area contributed by atoms with Crippen molar-refractivity contribution in [1.82, 2.24) is 0 Å². The van der Waals surface area contributed by atoms with Crippen molar-refractivity contribution in [3.05, 3.63) is 24.3 Å². The van der Waals surface area contributed by atoms with Crippen molar-refractivity contribution >= 4 is 5.78 Å². The van der Waals surface area contributed by atoms with Crippen LogP contribution in [0.3, 0.4) is 0 Å². The van der Waals surface area contributed by atoms with E-state index in [2.05, 4.69) is 24.3 Å². The van der Waals surface area contributed by atoms with Crippen molar-refractivity contribution in [2.45, 2.75) is 6.10 Å². The summed E-state index contributed by atoms with van der Waals surface area (Å²) < 4.78 is 0. The predicted octanol–water partition coefficient (Wildman–Crippen LogP) is 0.780. The summed E-state index contributed by atoms with van der Waals surface area (Å²) in [4.78, 5) is 11.6. The first-order valence-electron chi connectivity index (χ1n) is 5.37. The van der Waals surface area contributed by atoms with E-state index in [1.807, 2.05) is 0 Å². The molecule has 2 fully saturated rings. The lowest BCUT2D eigenvalue weighted by Gasteiger charge is -2.60. The Morgan fingerprint density at radius 2 is 1.50 bits per heavy atom. The van der Waals surface area contributed by atoms with Gasteiger partial charge in [0.1, 0.15) is 6.10 Å². The molecule has 2 bridgehead atoms. The molecule has 2 heteroatoms. The summed E-state index contributed by atoms with van der Waals surface area (Å²) in [5, 5.41) is 9.65. The smallest absolute Gasteiger partial charge is 0.165 e. The molecule has 14 heavy (non-hydrogen) atoms. The maximum absolute atomic E-state index is 11.6. The molecule has 7 atom stereocenters. The standard InChI is InChI=1S/C12H12O2/c13-11-9-7-3-4-8(10(9)12(11)14)6-2-1-5(6)7/h1-11,13H/t5-,6+,7-,8+,9-,10+,11-/m1/s1. The van der Waals surface area contributed by atoms with Crippen molar-refractivity contribution in [1.29, 1.82) is 0 Å². The summed E-state index contributed by atoms with van der Waals surface area (Å²) in [7, 11) is 0. The second-order valence-corrected chi connectivity index (χ2v) is 5.03. The number of Topliss-reactive ketones (excluding diaryl/α,β-unsaturated/α-hetero) is 1. The quantitative estimate of drug-likeness (QED) is 0.570. The second kappa shape index (κ2) is 2.03. The largest absolute Gasteiger partial charge is 0.385 e. The van der Waals surface area contributed by atoms with Gasteiger partial charge in [-0.25, -0.2) is 0 Å². The number of ketones is 1. The third-order valence-corrected chi connectivity index (χ3v) is 4.70. The van der Waals surface area contributed by atoms with E-state index in [-0.39, 0.29) is 17.6 Å². The normalized spacial score (nSPS) is 61.5. The molecule has 5 rings (SSSR count). The Bertz CT molecular complexity index is 382. The molecular weight excluding hydrogens is 176 g/mol. The highest BCUT2D eigenvalue weighted by molar-refractivity contribution is 5.93. The van der Waals surface area contributed by atoms with Gasteiger partial charge in [0.25, 0.3) is 0 Å². The van der Waals surface area contributed by atoms with E-state index in [0.717, 1.165) is 0 Å². The van der Waals surface area contributed by atoms with Crippen LogP contribution in [0.5, 0.6) is 0 Å². The fourth-order valence-electron chi connectivity index (χ4n) is 3.95. The van der Waals surface area contributed by atoms with Crippen LogP contribution in [0.2, 0.25) is 0 Å². The Hall–Kier alpha value is -0.890. The van der Waals surface area contributed by atoms with Crippen LogP contribution in [0.1, 0.15) is 0 Å². The molecule has 0 amide bonds. The number of rotatable bonds is 0. The molecule has 5 aliphatic rings. The van der Waals surface area contributed by atoms with Crippen LogP contribution in [-0.2, 0) is 4.79 Å². The van der Waals surface area contributed by atoms with Crippen LogP contribution in [0.15, 0.2) is 24.3 Å². The molecular formula is C12H12O2. The summed E-state index contributed by atoms with van der Waals surface area (Å²) in [5.41, 5.74) is 0. The van der Waals surface area contributed by atoms with Gasteiger partial charge >= 0.3 is 0 Å². The van der Waals surface area contributed by atoms with Gasteiger partial charge in [0.15, 0.2) is 5.78 Å². The molecule has 0 aromatic heterocycles. The Morgan fingerprint density at radius 3 is 2.21 bits per heavy atom. The van der Waals surface area contributed by atoms with Crippen molar-refractivity contribution in [3.63, 3.8) is 0 Å². The van der Waals surface area contributed by atoms with E-state index >= 15 is 0 Å². The summed E-state index contributed by atoms with van der Waals surface area (Å²) >= 11 is 0. The Labute approximate surface area is 82.3 Å². The van der Waals surface area contributed by atoms with Crippen molar-refractivity contribution < 1.29 is 9.90 Å². The number of aliphatic hydroxyl groups is 1. The molecule has 0 spiro atoms. The summed E-state index contributed by atoms with van der Waals surface area (Å²) in [6.07, 6.45) is 8.26. The van der Waals surface area contributed by atoms with Crippen LogP contribution in [0.25, 0.3) is 0 Å². The van der Waals surface area contributed by atoms with E-state index in [4.69, 9.17) is 0 Å². The van der Waals surface area contributed by atoms with E-state index in [1.54, 1.807) is 0 Å². The minimum atomic E-state index is -0.660. The van der Waals surface area contributed by atoms with E-state index in [0.29, 0.717) is 23.7 Å². The Morgan fingerprint density at radius 1 is 0.929 bits per heavy atom. The molecule has 0 aliphatic heterocycles. The van der Waals surface area contributed by atoms with Gasteiger partial charge in [0.2, 0.25) is 0 Å². The Balaban J connectivity index is 1.83. The molecule has 0 aromatic carbocycles. The monoisotopic (exact) mass is 188 g/mol. The zero-order valence-electron chi connectivity index (χ0n) is 7.71. The number of allylic oxidation sites excluding steroid dienone is 4. The zero-order chi connectivity index (χ0) is 9.45. The van der Waals surface area contributed by atoms with Gasteiger partial charge in [-0.15, -0.1) is 0 Å². The fraction of sp³-hybridized carbons (Fsp3) is 0.583. The van der Waals surface area contributed by atoms with E-state index < -0.39 is 6.10 Å². The lowest BCUT2D eigenvalue weighted by atomic mass is 9.43. The highest BCUT2D eigenvalue weighted by Gasteiger charge is 2.64. The number of carbonyl (C=O) groups is 1. The molecule has 2 nitrogen and oxygen atoms in total. The summed E-state index contributed by atoms with van der Waals surface area (Å²) in [6.45, 7) is 0. The van der Waals surface area contributed by atoms with Crippen LogP contribution in [-0.4, -0.2) is 17.0 Å². The van der Waals surface area contributed by atoms with E-state index in [9.17, 15) is 9.90 Å². The molecule has 1 N–H and O–H groups in total. The molecule has 5 aliphatic carbocycles. The van der Waals surface area contributed by atoms with Gasteiger partial charge < -0.3 is 5.11 Å². The first-order valence-corrected chi connectivity index (χ1v) is 5.37. The number of aliphatic hydroxyl groups excluding tert-OH is 1. The minimum absolute atomic E-state index is 0.0908. The van der Waals surface area contributed by atoms with Gasteiger partial charge in [-0.05, 0) is 23.7 Å². The predicted molar refractivity (Wildman–Crippen MR) is 50.2 cm³/mol. The number of hydrogen-bond donors (Lipinski definition) is 1. The van der Waals surface area contributed by atoms with Crippen LogP contribution in [0, 0.1) is 35.5 Å². The third kappa shape index (κ3) is 0.558. The van der Waals surface area contributed by atoms with Crippen LogP contribution in [0.4, 0.5) is 0 Å². The average molecular weight is 188 g/mol. The number of carbonyl (C=O) groups excluding carboxylic acids is 1. The highest BCUT2D eigenvalue weighted by atomic mass is 16.3. The molecule has 0 saturated heterocycles. The molecule has 0 heterocycles. The van der Waals surface area contributed by atoms with Crippen molar-refractivity contribution in [2.24, 2.45) is 35.5 Å². The molecule has 0 unspecified atom stereocenters. The topological polar surface area (TPSA) is 37.3 Å². The van der Waals surface area contributed by atoms with Crippen LogP contribution < -0.4 is 0 Å². The van der Waals surface area contributed by atoms with Gasteiger partial charge in [-0.1, -0.05) is 24.3 Å². The SMILES string of the molecule is O=C1[C@H]2[C@H]3C=C[C@H]([C@@H]4C=C[C@@H]43)[C@H]2[C@H]1O. The summed E-state index contributed by atoms with van der Waals surface area (Å²) in [6, 6.07) is 0. The van der Waals surface area contributed by atoms with Gasteiger partial charge in [0, 0.05) is 11.8 Å².